The molecule has 0 spiro atoms. The Morgan fingerprint density at radius 3 is 2.62 bits per heavy atom. The summed E-state index contributed by atoms with van der Waals surface area (Å²) in [5, 5.41) is -0.655. The monoisotopic (exact) mass is 319 g/mol. The molecule has 114 valence electrons. The molecule has 0 saturated heterocycles. The van der Waals surface area contributed by atoms with E-state index in [-0.39, 0.29) is 24.4 Å². The first-order chi connectivity index (χ1) is 9.75. The van der Waals surface area contributed by atoms with Gasteiger partial charge in [0.15, 0.2) is 5.78 Å². The minimum absolute atomic E-state index is 0.0383. The van der Waals surface area contributed by atoms with Crippen LogP contribution in [0, 0.1) is 0 Å². The smallest absolute Gasteiger partial charge is 0.304 e. The number of hydrogen-bond donors (Lipinski definition) is 0. The van der Waals surface area contributed by atoms with Gasteiger partial charge in [-0.25, -0.2) is 0 Å². The lowest BCUT2D eigenvalue weighted by Gasteiger charge is -2.19. The highest BCUT2D eigenvalue weighted by molar-refractivity contribution is 6.33. The van der Waals surface area contributed by atoms with E-state index < -0.39 is 17.5 Å². The summed E-state index contributed by atoms with van der Waals surface area (Å²) in [6.45, 7) is 1.73. The summed E-state index contributed by atoms with van der Waals surface area (Å²) >= 11 is 5.88. The van der Waals surface area contributed by atoms with E-state index in [2.05, 4.69) is 0 Å². The normalized spacial score (nSPS) is 15.8. The predicted molar refractivity (Wildman–Crippen MR) is 72.8 cm³/mol. The zero-order valence-electron chi connectivity index (χ0n) is 11.2. The molecule has 0 radical (unpaired) electrons. The Balaban J connectivity index is 2.29. The molecular weight excluding hydrogens is 307 g/mol. The van der Waals surface area contributed by atoms with E-state index in [9.17, 15) is 22.8 Å². The standard InChI is InChI=1S/C14H13ClF3NO2/c1-2-10(15)12(20)9-3-4-11-8(7-9)5-6-19(11)13(21)14(16,17)18/h3-4,7,10H,2,5-6H2,1H3. The van der Waals surface area contributed by atoms with Gasteiger partial charge in [-0.15, -0.1) is 11.6 Å². The molecule has 0 bridgehead atoms. The van der Waals surface area contributed by atoms with Gasteiger partial charge in [-0.3, -0.25) is 9.59 Å². The van der Waals surface area contributed by atoms with Gasteiger partial charge in [0.05, 0.1) is 5.38 Å². The first-order valence-corrected chi connectivity index (χ1v) is 6.89. The van der Waals surface area contributed by atoms with Gasteiger partial charge in [-0.2, -0.15) is 13.2 Å². The molecule has 2 rings (SSSR count). The van der Waals surface area contributed by atoms with Crippen LogP contribution in [0.15, 0.2) is 18.2 Å². The minimum Gasteiger partial charge on any atom is -0.304 e. The van der Waals surface area contributed by atoms with Gasteiger partial charge in [0.2, 0.25) is 0 Å². The molecule has 1 aromatic rings. The largest absolute Gasteiger partial charge is 0.471 e. The maximum absolute atomic E-state index is 12.5. The van der Waals surface area contributed by atoms with E-state index in [0.29, 0.717) is 22.4 Å². The third kappa shape index (κ3) is 3.05. The van der Waals surface area contributed by atoms with Crippen molar-refractivity contribution in [1.82, 2.24) is 0 Å². The molecule has 1 aliphatic rings. The quantitative estimate of drug-likeness (QED) is 0.633. The summed E-state index contributed by atoms with van der Waals surface area (Å²) in [4.78, 5) is 24.0. The lowest BCUT2D eigenvalue weighted by molar-refractivity contribution is -0.170. The predicted octanol–water partition coefficient (Wildman–Crippen LogP) is 3.34. The molecule has 3 nitrogen and oxygen atoms in total. The molecule has 0 saturated carbocycles. The number of benzene rings is 1. The number of amides is 1. The fourth-order valence-electron chi connectivity index (χ4n) is 2.29. The highest BCUT2D eigenvalue weighted by Gasteiger charge is 2.44. The second kappa shape index (κ2) is 5.67. The van der Waals surface area contributed by atoms with Crippen LogP contribution in [-0.2, 0) is 11.2 Å². The second-order valence-electron chi connectivity index (χ2n) is 4.79. The first kappa shape index (κ1) is 15.8. The fourth-order valence-corrected chi connectivity index (χ4v) is 2.41. The van der Waals surface area contributed by atoms with Crippen LogP contribution in [0.4, 0.5) is 18.9 Å². The van der Waals surface area contributed by atoms with Crippen LogP contribution in [0.25, 0.3) is 0 Å². The molecule has 0 aliphatic carbocycles. The number of rotatable bonds is 3. The molecule has 0 fully saturated rings. The van der Waals surface area contributed by atoms with E-state index in [4.69, 9.17) is 11.6 Å². The van der Waals surface area contributed by atoms with Crippen molar-refractivity contribution in [2.24, 2.45) is 0 Å². The third-order valence-electron chi connectivity index (χ3n) is 3.39. The Morgan fingerprint density at radius 2 is 2.05 bits per heavy atom. The molecule has 1 atom stereocenters. The van der Waals surface area contributed by atoms with Gasteiger partial charge in [-0.05, 0) is 36.6 Å². The summed E-state index contributed by atoms with van der Waals surface area (Å²) in [6.07, 6.45) is -4.15. The maximum atomic E-state index is 12.5. The number of fused-ring (bicyclic) bond motifs is 1. The van der Waals surface area contributed by atoms with Crippen molar-refractivity contribution in [1.29, 1.82) is 0 Å². The van der Waals surface area contributed by atoms with Gasteiger partial charge in [-0.1, -0.05) is 6.92 Å². The van der Waals surface area contributed by atoms with Crippen LogP contribution in [0.2, 0.25) is 0 Å². The van der Waals surface area contributed by atoms with Crippen LogP contribution in [0.3, 0.4) is 0 Å². The van der Waals surface area contributed by atoms with Crippen molar-refractivity contribution < 1.29 is 22.8 Å². The van der Waals surface area contributed by atoms with Crippen LogP contribution >= 0.6 is 11.6 Å². The number of carbonyl (C=O) groups is 2. The van der Waals surface area contributed by atoms with Crippen LogP contribution in [0.5, 0.6) is 0 Å². The summed E-state index contributed by atoms with van der Waals surface area (Å²) < 4.78 is 37.5. The Morgan fingerprint density at radius 1 is 1.38 bits per heavy atom. The van der Waals surface area contributed by atoms with Crippen molar-refractivity contribution in [3.05, 3.63) is 29.3 Å². The van der Waals surface area contributed by atoms with Gasteiger partial charge in [0.25, 0.3) is 0 Å². The number of carbonyl (C=O) groups excluding carboxylic acids is 2. The Hall–Kier alpha value is -1.56. The van der Waals surface area contributed by atoms with E-state index in [0.717, 1.165) is 0 Å². The number of Topliss-reactive ketones (excluding diaryl/α,β-unsaturated/α-hetero) is 1. The highest BCUT2D eigenvalue weighted by atomic mass is 35.5. The van der Waals surface area contributed by atoms with Crippen molar-refractivity contribution in [3.63, 3.8) is 0 Å². The number of hydrogen-bond acceptors (Lipinski definition) is 2. The third-order valence-corrected chi connectivity index (χ3v) is 3.90. The highest BCUT2D eigenvalue weighted by Crippen LogP contribution is 2.33. The van der Waals surface area contributed by atoms with Crippen molar-refractivity contribution in [3.8, 4) is 0 Å². The average molecular weight is 320 g/mol. The minimum atomic E-state index is -4.90. The molecule has 1 amide bonds. The molecule has 7 heteroatoms. The van der Waals surface area contributed by atoms with E-state index in [1.54, 1.807) is 6.92 Å². The molecular formula is C14H13ClF3NO2. The van der Waals surface area contributed by atoms with Gasteiger partial charge >= 0.3 is 12.1 Å². The second-order valence-corrected chi connectivity index (χ2v) is 5.31. The number of ketones is 1. The Bertz CT molecular complexity index is 586. The number of anilines is 1. The van der Waals surface area contributed by atoms with E-state index >= 15 is 0 Å². The van der Waals surface area contributed by atoms with Crippen LogP contribution < -0.4 is 4.90 Å². The number of nitrogens with zero attached hydrogens (tertiary/aromatic N) is 1. The first-order valence-electron chi connectivity index (χ1n) is 6.45. The lowest BCUT2D eigenvalue weighted by Crippen LogP contribution is -2.40. The molecule has 0 aromatic heterocycles. The molecule has 1 heterocycles. The summed E-state index contributed by atoms with van der Waals surface area (Å²) in [5.74, 6) is -2.15. The summed E-state index contributed by atoms with van der Waals surface area (Å²) in [6, 6.07) is 4.30. The van der Waals surface area contributed by atoms with Crippen molar-refractivity contribution in [2.45, 2.75) is 31.3 Å². The number of alkyl halides is 4. The van der Waals surface area contributed by atoms with Gasteiger partial charge in [0.1, 0.15) is 0 Å². The Labute approximate surface area is 124 Å². The molecule has 1 aliphatic heterocycles. The van der Waals surface area contributed by atoms with Gasteiger partial charge < -0.3 is 4.90 Å². The average Bonchev–Trinajstić information content (AvgIpc) is 2.86. The molecule has 1 unspecified atom stereocenters. The van der Waals surface area contributed by atoms with Crippen LogP contribution in [-0.4, -0.2) is 29.8 Å². The zero-order valence-corrected chi connectivity index (χ0v) is 12.0. The van der Waals surface area contributed by atoms with Gasteiger partial charge in [0, 0.05) is 17.8 Å². The number of halogens is 4. The Kier molecular flexibility index (Phi) is 4.27. The molecule has 1 aromatic carbocycles. The summed E-state index contributed by atoms with van der Waals surface area (Å²) in [7, 11) is 0. The lowest BCUT2D eigenvalue weighted by atomic mass is 10.0. The van der Waals surface area contributed by atoms with Crippen molar-refractivity contribution in [2.75, 3.05) is 11.4 Å². The topological polar surface area (TPSA) is 37.4 Å². The summed E-state index contributed by atoms with van der Waals surface area (Å²) in [5.41, 5.74) is 1.12. The van der Waals surface area contributed by atoms with E-state index in [1.807, 2.05) is 0 Å². The fraction of sp³-hybridized carbons (Fsp3) is 0.429. The van der Waals surface area contributed by atoms with E-state index in [1.165, 1.54) is 18.2 Å². The molecule has 0 N–H and O–H groups in total. The maximum Gasteiger partial charge on any atom is 0.471 e. The zero-order chi connectivity index (χ0) is 15.8. The van der Waals surface area contributed by atoms with Crippen molar-refractivity contribution >= 4 is 29.0 Å². The van der Waals surface area contributed by atoms with Crippen LogP contribution in [0.1, 0.15) is 29.3 Å². The molecule has 21 heavy (non-hydrogen) atoms. The SMILES string of the molecule is CCC(Cl)C(=O)c1ccc2c(c1)CCN2C(=O)C(F)(F)F.